The zero-order valence-corrected chi connectivity index (χ0v) is 14.4. The van der Waals surface area contributed by atoms with E-state index >= 15 is 0 Å². The number of Topliss-reactive ketones (excluding diaryl/α,β-unsaturated/α-hetero) is 1. The zero-order valence-electron chi connectivity index (χ0n) is 14.4. The number of benzene rings is 1. The molecule has 0 bridgehead atoms. The molecule has 0 aliphatic carbocycles. The molecule has 0 unspecified atom stereocenters. The SMILES string of the molecule is CCN(CCc1ccncc1)C(=O)CCC(=O)c1ccc(C)cc1. The number of rotatable bonds is 8. The summed E-state index contributed by atoms with van der Waals surface area (Å²) in [6, 6.07) is 11.4. The highest BCUT2D eigenvalue weighted by Crippen LogP contribution is 2.09. The van der Waals surface area contributed by atoms with Gasteiger partial charge in [-0.25, -0.2) is 0 Å². The van der Waals surface area contributed by atoms with Crippen molar-refractivity contribution in [3.63, 3.8) is 0 Å². The van der Waals surface area contributed by atoms with Gasteiger partial charge in [-0.1, -0.05) is 29.8 Å². The molecule has 1 amide bonds. The van der Waals surface area contributed by atoms with E-state index in [0.717, 1.165) is 17.5 Å². The standard InChI is InChI=1S/C20H24N2O2/c1-3-22(15-12-17-10-13-21-14-11-17)20(24)9-8-19(23)18-6-4-16(2)5-7-18/h4-7,10-11,13-14H,3,8-9,12,15H2,1-2H3. The molecule has 4 heteroatoms. The number of likely N-dealkylation sites (N-methyl/N-ethyl adjacent to an activating group) is 1. The third-order valence-corrected chi connectivity index (χ3v) is 4.09. The highest BCUT2D eigenvalue weighted by atomic mass is 16.2. The van der Waals surface area contributed by atoms with Crippen molar-refractivity contribution in [2.75, 3.05) is 13.1 Å². The molecule has 24 heavy (non-hydrogen) atoms. The first-order valence-corrected chi connectivity index (χ1v) is 8.36. The molecule has 0 radical (unpaired) electrons. The number of carbonyl (C=O) groups excluding carboxylic acids is 2. The Morgan fingerprint density at radius 3 is 2.29 bits per heavy atom. The highest BCUT2D eigenvalue weighted by Gasteiger charge is 2.14. The number of ketones is 1. The second-order valence-electron chi connectivity index (χ2n) is 5.87. The Labute approximate surface area is 143 Å². The molecule has 4 nitrogen and oxygen atoms in total. The van der Waals surface area contributed by atoms with Gasteiger partial charge in [0.15, 0.2) is 5.78 Å². The van der Waals surface area contributed by atoms with Crippen molar-refractivity contribution < 1.29 is 9.59 Å². The number of nitrogens with zero attached hydrogens (tertiary/aromatic N) is 2. The van der Waals surface area contributed by atoms with E-state index in [1.807, 2.05) is 55.1 Å². The molecule has 2 aromatic rings. The van der Waals surface area contributed by atoms with Gasteiger partial charge in [0.2, 0.25) is 5.91 Å². The molecule has 1 aromatic heterocycles. The van der Waals surface area contributed by atoms with Crippen LogP contribution in [-0.2, 0) is 11.2 Å². The number of amides is 1. The Bertz CT molecular complexity index is 666. The van der Waals surface area contributed by atoms with Crippen LogP contribution in [0.1, 0.15) is 41.3 Å². The molecule has 0 aliphatic heterocycles. The molecule has 0 saturated heterocycles. The largest absolute Gasteiger partial charge is 0.343 e. The fourth-order valence-corrected chi connectivity index (χ4v) is 2.54. The summed E-state index contributed by atoms with van der Waals surface area (Å²) in [5.41, 5.74) is 2.95. The summed E-state index contributed by atoms with van der Waals surface area (Å²) in [6.07, 6.45) is 4.83. The molecular formula is C20H24N2O2. The maximum absolute atomic E-state index is 12.3. The minimum Gasteiger partial charge on any atom is -0.343 e. The first-order chi connectivity index (χ1) is 11.6. The zero-order chi connectivity index (χ0) is 17.4. The second kappa shape index (κ2) is 8.96. The van der Waals surface area contributed by atoms with Gasteiger partial charge in [0.1, 0.15) is 0 Å². The maximum Gasteiger partial charge on any atom is 0.223 e. The van der Waals surface area contributed by atoms with Crippen molar-refractivity contribution in [2.24, 2.45) is 0 Å². The summed E-state index contributed by atoms with van der Waals surface area (Å²) in [5.74, 6) is 0.0561. The lowest BCUT2D eigenvalue weighted by molar-refractivity contribution is -0.130. The Morgan fingerprint density at radius 2 is 1.67 bits per heavy atom. The summed E-state index contributed by atoms with van der Waals surface area (Å²) in [4.78, 5) is 30.3. The van der Waals surface area contributed by atoms with Gasteiger partial charge >= 0.3 is 0 Å². The number of aromatic nitrogens is 1. The van der Waals surface area contributed by atoms with Gasteiger partial charge in [0.05, 0.1) is 0 Å². The third kappa shape index (κ3) is 5.30. The molecule has 1 aromatic carbocycles. The van der Waals surface area contributed by atoms with E-state index in [1.165, 1.54) is 0 Å². The van der Waals surface area contributed by atoms with Crippen LogP contribution in [0, 0.1) is 6.92 Å². The van der Waals surface area contributed by atoms with Crippen LogP contribution in [-0.4, -0.2) is 34.7 Å². The van der Waals surface area contributed by atoms with Gasteiger partial charge in [-0.05, 0) is 38.0 Å². The monoisotopic (exact) mass is 324 g/mol. The van der Waals surface area contributed by atoms with E-state index in [9.17, 15) is 9.59 Å². The van der Waals surface area contributed by atoms with Gasteiger partial charge in [0.25, 0.3) is 0 Å². The summed E-state index contributed by atoms with van der Waals surface area (Å²) in [6.45, 7) is 5.27. The van der Waals surface area contributed by atoms with Crippen molar-refractivity contribution >= 4 is 11.7 Å². The van der Waals surface area contributed by atoms with E-state index in [2.05, 4.69) is 4.98 Å². The van der Waals surface area contributed by atoms with Crippen LogP contribution in [0.25, 0.3) is 0 Å². The van der Waals surface area contributed by atoms with Gasteiger partial charge in [0, 0.05) is 43.9 Å². The fraction of sp³-hybridized carbons (Fsp3) is 0.350. The lowest BCUT2D eigenvalue weighted by Gasteiger charge is -2.20. The Balaban J connectivity index is 1.83. The summed E-state index contributed by atoms with van der Waals surface area (Å²) in [5, 5.41) is 0. The molecular weight excluding hydrogens is 300 g/mol. The summed E-state index contributed by atoms with van der Waals surface area (Å²) in [7, 11) is 0. The van der Waals surface area contributed by atoms with Crippen LogP contribution in [0.5, 0.6) is 0 Å². The van der Waals surface area contributed by atoms with E-state index in [0.29, 0.717) is 18.7 Å². The van der Waals surface area contributed by atoms with Crippen LogP contribution in [0.15, 0.2) is 48.8 Å². The predicted octanol–water partition coefficient (Wildman–Crippen LogP) is 3.44. The minimum atomic E-state index is 0.0218. The predicted molar refractivity (Wildman–Crippen MR) is 94.9 cm³/mol. The topological polar surface area (TPSA) is 50.3 Å². The molecule has 0 fully saturated rings. The molecule has 0 saturated carbocycles. The maximum atomic E-state index is 12.3. The van der Waals surface area contributed by atoms with Crippen LogP contribution >= 0.6 is 0 Å². The number of aryl methyl sites for hydroxylation is 1. The van der Waals surface area contributed by atoms with E-state index in [-0.39, 0.29) is 24.5 Å². The summed E-state index contributed by atoms with van der Waals surface area (Å²) < 4.78 is 0. The van der Waals surface area contributed by atoms with E-state index in [4.69, 9.17) is 0 Å². The molecule has 0 aliphatic rings. The first kappa shape index (κ1) is 17.9. The van der Waals surface area contributed by atoms with Crippen molar-refractivity contribution in [1.29, 1.82) is 0 Å². The summed E-state index contributed by atoms with van der Waals surface area (Å²) >= 11 is 0. The Morgan fingerprint density at radius 1 is 1.00 bits per heavy atom. The van der Waals surface area contributed by atoms with Crippen LogP contribution in [0.3, 0.4) is 0 Å². The molecule has 0 spiro atoms. The average Bonchev–Trinajstić information content (AvgIpc) is 2.61. The fourth-order valence-electron chi connectivity index (χ4n) is 2.54. The minimum absolute atomic E-state index is 0.0218. The van der Waals surface area contributed by atoms with Crippen molar-refractivity contribution in [3.8, 4) is 0 Å². The van der Waals surface area contributed by atoms with Crippen molar-refractivity contribution in [3.05, 3.63) is 65.5 Å². The molecule has 126 valence electrons. The van der Waals surface area contributed by atoms with Gasteiger partial charge in [-0.15, -0.1) is 0 Å². The number of carbonyl (C=O) groups is 2. The van der Waals surface area contributed by atoms with E-state index in [1.54, 1.807) is 12.4 Å². The normalized spacial score (nSPS) is 10.4. The van der Waals surface area contributed by atoms with Gasteiger partial charge in [-0.2, -0.15) is 0 Å². The lowest BCUT2D eigenvalue weighted by atomic mass is 10.0. The lowest BCUT2D eigenvalue weighted by Crippen LogP contribution is -2.32. The molecule has 1 heterocycles. The number of pyridine rings is 1. The van der Waals surface area contributed by atoms with Crippen LogP contribution in [0.4, 0.5) is 0 Å². The average molecular weight is 324 g/mol. The highest BCUT2D eigenvalue weighted by molar-refractivity contribution is 5.97. The first-order valence-electron chi connectivity index (χ1n) is 8.36. The number of hydrogen-bond donors (Lipinski definition) is 0. The van der Waals surface area contributed by atoms with Crippen LogP contribution < -0.4 is 0 Å². The molecule has 2 rings (SSSR count). The Hall–Kier alpha value is -2.49. The molecule has 0 atom stereocenters. The van der Waals surface area contributed by atoms with E-state index < -0.39 is 0 Å². The molecule has 0 N–H and O–H groups in total. The van der Waals surface area contributed by atoms with Gasteiger partial charge < -0.3 is 4.90 Å². The van der Waals surface area contributed by atoms with Gasteiger partial charge in [-0.3, -0.25) is 14.6 Å². The van der Waals surface area contributed by atoms with Crippen LogP contribution in [0.2, 0.25) is 0 Å². The quantitative estimate of drug-likeness (QED) is 0.699. The smallest absolute Gasteiger partial charge is 0.223 e. The number of hydrogen-bond acceptors (Lipinski definition) is 3. The third-order valence-electron chi connectivity index (χ3n) is 4.09. The Kier molecular flexibility index (Phi) is 6.67. The second-order valence-corrected chi connectivity index (χ2v) is 5.87. The van der Waals surface area contributed by atoms with Crippen molar-refractivity contribution in [1.82, 2.24) is 9.88 Å². The van der Waals surface area contributed by atoms with Crippen molar-refractivity contribution in [2.45, 2.75) is 33.1 Å².